The van der Waals surface area contributed by atoms with Crippen molar-refractivity contribution in [3.05, 3.63) is 33.1 Å². The number of aromatic nitrogens is 2. The van der Waals surface area contributed by atoms with Crippen molar-refractivity contribution in [3.63, 3.8) is 0 Å². The number of hydrogen-bond donors (Lipinski definition) is 4. The quantitative estimate of drug-likeness (QED) is 0.452. The molecule has 4 N–H and O–H groups in total. The monoisotopic (exact) mass is 351 g/mol. The van der Waals surface area contributed by atoms with Crippen LogP contribution in [0.25, 0.3) is 0 Å². The Hall–Kier alpha value is -1.16. The lowest BCUT2D eigenvalue weighted by Crippen LogP contribution is -2.30. The van der Waals surface area contributed by atoms with Crippen molar-refractivity contribution in [2.45, 2.75) is 0 Å². The second-order valence-electron chi connectivity index (χ2n) is 2.86. The summed E-state index contributed by atoms with van der Waals surface area (Å²) in [5, 5.41) is 0. The molecule has 1 aromatic rings. The minimum atomic E-state index is -5.39. The molecule has 0 aliphatic carbocycles. The zero-order chi connectivity index (χ0) is 15.6. The summed E-state index contributed by atoms with van der Waals surface area (Å²) in [6.07, 6.45) is 0.726. The van der Waals surface area contributed by atoms with Crippen LogP contribution in [-0.2, 0) is 22.3 Å². The summed E-state index contributed by atoms with van der Waals surface area (Å²) in [7, 11) is -14.3. The molecule has 20 heavy (non-hydrogen) atoms. The summed E-state index contributed by atoms with van der Waals surface area (Å²) in [4.78, 5) is 48.9. The van der Waals surface area contributed by atoms with Gasteiger partial charge < -0.3 is 9.79 Å². The second-order valence-corrected chi connectivity index (χ2v) is 6.70. The highest BCUT2D eigenvalue weighted by atomic mass is 31.3. The standard InChI is InChI=1S/C4H5N2O11P3/c7-3-1-2-6(4(8)5-3)15-18(9)16-20(13,14)17-19(10,11)12/h1-2H,(H3-,5,7,8,10,11,12,13,14)/p+1. The Morgan fingerprint density at radius 1 is 1.25 bits per heavy atom. The molecule has 2 atom stereocenters. The van der Waals surface area contributed by atoms with Gasteiger partial charge in [0.2, 0.25) is 0 Å². The molecule has 2 unspecified atom stereocenters. The third-order valence-corrected chi connectivity index (χ3v) is 4.67. The Morgan fingerprint density at radius 3 is 2.35 bits per heavy atom. The number of H-pyrrole nitrogens is 1. The van der Waals surface area contributed by atoms with Crippen molar-refractivity contribution in [2.75, 3.05) is 0 Å². The average Bonchev–Trinajstić information content (AvgIpc) is 2.17. The van der Waals surface area contributed by atoms with Crippen LogP contribution in [0.2, 0.25) is 0 Å². The first-order valence-corrected chi connectivity index (χ1v) is 8.38. The van der Waals surface area contributed by atoms with E-state index < -0.39 is 35.1 Å². The Kier molecular flexibility index (Phi) is 5.14. The van der Waals surface area contributed by atoms with E-state index in [0.29, 0.717) is 0 Å². The number of rotatable bonds is 6. The van der Waals surface area contributed by atoms with Gasteiger partial charge in [-0.3, -0.25) is 14.7 Å². The molecule has 0 aliphatic rings. The first-order chi connectivity index (χ1) is 8.98. The van der Waals surface area contributed by atoms with Gasteiger partial charge in [0.1, 0.15) is 0 Å². The van der Waals surface area contributed by atoms with E-state index in [0.717, 1.165) is 12.3 Å². The van der Waals surface area contributed by atoms with Gasteiger partial charge in [0.25, 0.3) is 5.56 Å². The Morgan fingerprint density at radius 2 is 1.85 bits per heavy atom. The Bertz CT molecular complexity index is 713. The molecule has 0 saturated heterocycles. The Balaban J connectivity index is 2.78. The zero-order valence-corrected chi connectivity index (χ0v) is 11.7. The molecule has 0 aliphatic heterocycles. The Labute approximate surface area is 109 Å². The van der Waals surface area contributed by atoms with Crippen LogP contribution >= 0.6 is 23.9 Å². The molecule has 1 rings (SSSR count). The maximum Gasteiger partial charge on any atom is 0.782 e. The van der Waals surface area contributed by atoms with Crippen LogP contribution < -0.4 is 15.9 Å². The molecule has 0 radical (unpaired) electrons. The molecule has 16 heteroatoms. The van der Waals surface area contributed by atoms with E-state index in [1.807, 2.05) is 0 Å². The molecule has 0 aromatic carbocycles. The molecule has 1 heterocycles. The molecule has 0 bridgehead atoms. The van der Waals surface area contributed by atoms with E-state index in [9.17, 15) is 23.3 Å². The third kappa shape index (κ3) is 5.87. The van der Waals surface area contributed by atoms with Crippen LogP contribution in [0.4, 0.5) is 0 Å². The lowest BCUT2D eigenvalue weighted by Gasteiger charge is -2.05. The van der Waals surface area contributed by atoms with Crippen LogP contribution in [0, 0.1) is 0 Å². The fourth-order valence-electron chi connectivity index (χ4n) is 0.790. The van der Waals surface area contributed by atoms with Gasteiger partial charge in [0, 0.05) is 14.9 Å². The SMILES string of the molecule is O=c1ccn(O[P+](=O)OP(=O)(O)OP(=O)(O)O)c(=O)[nH]1. The first-order valence-electron chi connectivity index (χ1n) is 4.26. The predicted octanol–water partition coefficient (Wildman–Crippen LogP) is -1.15. The number of aromatic amines is 1. The normalized spacial score (nSPS) is 15.4. The number of nitrogens with one attached hydrogen (secondary N) is 1. The highest BCUT2D eigenvalue weighted by Gasteiger charge is 2.44. The highest BCUT2D eigenvalue weighted by Crippen LogP contribution is 2.61. The average molecular weight is 351 g/mol. The van der Waals surface area contributed by atoms with Crippen LogP contribution in [0.15, 0.2) is 21.9 Å². The van der Waals surface area contributed by atoms with Gasteiger partial charge in [0.05, 0.1) is 6.20 Å². The first kappa shape index (κ1) is 16.9. The summed E-state index contributed by atoms with van der Waals surface area (Å²) < 4.78 is 43.9. The number of nitrogens with zero attached hydrogens (tertiary/aromatic N) is 1. The number of phosphoric acid groups is 2. The lowest BCUT2D eigenvalue weighted by molar-refractivity contribution is 0.202. The van der Waals surface area contributed by atoms with Crippen LogP contribution in [0.5, 0.6) is 0 Å². The van der Waals surface area contributed by atoms with E-state index in [1.165, 1.54) is 0 Å². The molecule has 0 fully saturated rings. The molecule has 112 valence electrons. The van der Waals surface area contributed by atoms with Crippen LogP contribution in [0.3, 0.4) is 0 Å². The fraction of sp³-hybridized carbons (Fsp3) is 0. The van der Waals surface area contributed by atoms with Gasteiger partial charge >= 0.3 is 29.6 Å². The molecule has 13 nitrogen and oxygen atoms in total. The molecule has 0 spiro atoms. The van der Waals surface area contributed by atoms with Crippen molar-refractivity contribution in [3.8, 4) is 0 Å². The summed E-state index contributed by atoms with van der Waals surface area (Å²) in [6, 6.07) is 0.801. The van der Waals surface area contributed by atoms with Crippen LogP contribution in [-0.4, -0.2) is 24.4 Å². The fourth-order valence-corrected chi connectivity index (χ4v) is 3.32. The van der Waals surface area contributed by atoms with Gasteiger partial charge in [-0.25, -0.2) is 13.9 Å². The maximum absolute atomic E-state index is 11.1. The largest absolute Gasteiger partial charge is 0.782 e. The van der Waals surface area contributed by atoms with Gasteiger partial charge in [-0.15, -0.1) is 4.62 Å². The molecule has 1 aromatic heterocycles. The van der Waals surface area contributed by atoms with E-state index in [4.69, 9.17) is 14.7 Å². The summed E-state index contributed by atoms with van der Waals surface area (Å²) in [5.74, 6) is 0. The molecule has 0 saturated carbocycles. The molecule has 0 amide bonds. The van der Waals surface area contributed by atoms with E-state index >= 15 is 0 Å². The summed E-state index contributed by atoms with van der Waals surface area (Å²) in [5.41, 5.74) is -1.96. The van der Waals surface area contributed by atoms with Crippen molar-refractivity contribution in [2.24, 2.45) is 0 Å². The third-order valence-electron chi connectivity index (χ3n) is 1.33. The highest BCUT2D eigenvalue weighted by molar-refractivity contribution is 7.64. The maximum atomic E-state index is 11.1. The minimum absolute atomic E-state index is 0.192. The topological polar surface area (TPSA) is 194 Å². The minimum Gasteiger partial charge on any atom is -0.302 e. The summed E-state index contributed by atoms with van der Waals surface area (Å²) >= 11 is 0. The number of hydrogen-bond acceptors (Lipinski definition) is 8. The van der Waals surface area contributed by atoms with Gasteiger partial charge in [-0.2, -0.15) is 4.31 Å². The molecular formula is C4H6N2O11P3+. The van der Waals surface area contributed by atoms with Crippen molar-refractivity contribution >= 4 is 23.9 Å². The van der Waals surface area contributed by atoms with E-state index in [2.05, 4.69) is 13.2 Å². The van der Waals surface area contributed by atoms with Crippen molar-refractivity contribution < 1.29 is 41.6 Å². The summed E-state index contributed by atoms with van der Waals surface area (Å²) in [6.45, 7) is 0. The van der Waals surface area contributed by atoms with Gasteiger partial charge in [-0.05, 0) is 0 Å². The van der Waals surface area contributed by atoms with Crippen LogP contribution in [0.1, 0.15) is 0 Å². The van der Waals surface area contributed by atoms with Crippen molar-refractivity contribution in [1.29, 1.82) is 0 Å². The van der Waals surface area contributed by atoms with E-state index in [-0.39, 0.29) is 4.73 Å². The van der Waals surface area contributed by atoms with Gasteiger partial charge in [-0.1, -0.05) is 4.73 Å². The second kappa shape index (κ2) is 6.08. The van der Waals surface area contributed by atoms with Gasteiger partial charge in [0.15, 0.2) is 0 Å². The zero-order valence-electron chi connectivity index (χ0n) is 9.05. The van der Waals surface area contributed by atoms with E-state index in [1.54, 1.807) is 4.98 Å². The smallest absolute Gasteiger partial charge is 0.302 e. The van der Waals surface area contributed by atoms with Crippen molar-refractivity contribution in [1.82, 2.24) is 9.71 Å². The lowest BCUT2D eigenvalue weighted by atomic mass is 10.7. The molecular weight excluding hydrogens is 345 g/mol. The predicted molar refractivity (Wildman–Crippen MR) is 59.5 cm³/mol.